The normalized spacial score (nSPS) is 12.0. The van der Waals surface area contributed by atoms with Gasteiger partial charge in [-0.3, -0.25) is 4.84 Å². The third kappa shape index (κ3) is 6.02. The molecule has 0 radical (unpaired) electrons. The average Bonchev–Trinajstić information content (AvgIpc) is 2.02. The topological polar surface area (TPSA) is 21.7 Å². The SMILES string of the molecule is COCCCON(C(C)C)C(C)C. The zero-order chi connectivity index (χ0) is 10.3. The first-order chi connectivity index (χ1) is 6.09. The smallest absolute Gasteiger partial charge is 0.0707 e. The van der Waals surface area contributed by atoms with Gasteiger partial charge < -0.3 is 4.74 Å². The van der Waals surface area contributed by atoms with Crippen LogP contribution in [0, 0.1) is 0 Å². The molecule has 0 unspecified atom stereocenters. The van der Waals surface area contributed by atoms with Crippen LogP contribution in [-0.2, 0) is 9.57 Å². The molecule has 0 saturated carbocycles. The highest BCUT2D eigenvalue weighted by Crippen LogP contribution is 2.05. The van der Waals surface area contributed by atoms with Gasteiger partial charge >= 0.3 is 0 Å². The molecule has 80 valence electrons. The number of hydrogen-bond donors (Lipinski definition) is 0. The average molecular weight is 189 g/mol. The van der Waals surface area contributed by atoms with Gasteiger partial charge in [0, 0.05) is 25.8 Å². The number of nitrogens with zero attached hydrogens (tertiary/aromatic N) is 1. The number of hydrogen-bond acceptors (Lipinski definition) is 3. The molecular weight excluding hydrogens is 166 g/mol. The summed E-state index contributed by atoms with van der Waals surface area (Å²) in [6.45, 7) is 10.0. The number of hydroxylamine groups is 2. The van der Waals surface area contributed by atoms with Crippen molar-refractivity contribution in [2.45, 2.75) is 46.2 Å². The summed E-state index contributed by atoms with van der Waals surface area (Å²) in [4.78, 5) is 5.62. The quantitative estimate of drug-likeness (QED) is 0.452. The Hall–Kier alpha value is -0.120. The van der Waals surface area contributed by atoms with E-state index in [2.05, 4.69) is 27.7 Å². The van der Waals surface area contributed by atoms with Crippen molar-refractivity contribution in [1.82, 2.24) is 5.06 Å². The second-order valence-corrected chi connectivity index (χ2v) is 3.73. The first-order valence-electron chi connectivity index (χ1n) is 4.99. The predicted octanol–water partition coefficient (Wildman–Crippen LogP) is 2.07. The fraction of sp³-hybridized carbons (Fsp3) is 1.00. The largest absolute Gasteiger partial charge is 0.385 e. The highest BCUT2D eigenvalue weighted by Gasteiger charge is 2.13. The van der Waals surface area contributed by atoms with Crippen LogP contribution in [0.2, 0.25) is 0 Å². The van der Waals surface area contributed by atoms with Gasteiger partial charge in [-0.15, -0.1) is 0 Å². The van der Waals surface area contributed by atoms with E-state index in [1.54, 1.807) is 7.11 Å². The van der Waals surface area contributed by atoms with Crippen LogP contribution in [0.4, 0.5) is 0 Å². The van der Waals surface area contributed by atoms with E-state index in [0.29, 0.717) is 12.1 Å². The minimum Gasteiger partial charge on any atom is -0.385 e. The van der Waals surface area contributed by atoms with Crippen molar-refractivity contribution in [3.05, 3.63) is 0 Å². The molecule has 0 amide bonds. The maximum atomic E-state index is 5.62. The number of methoxy groups -OCH3 is 1. The lowest BCUT2D eigenvalue weighted by atomic mass is 10.3. The second-order valence-electron chi connectivity index (χ2n) is 3.73. The van der Waals surface area contributed by atoms with Gasteiger partial charge in [-0.1, -0.05) is 0 Å². The van der Waals surface area contributed by atoms with E-state index in [0.717, 1.165) is 19.6 Å². The summed E-state index contributed by atoms with van der Waals surface area (Å²) in [6, 6.07) is 0.866. The van der Waals surface area contributed by atoms with Crippen LogP contribution in [0.3, 0.4) is 0 Å². The van der Waals surface area contributed by atoms with Crippen LogP contribution < -0.4 is 0 Å². The van der Waals surface area contributed by atoms with Crippen LogP contribution >= 0.6 is 0 Å². The van der Waals surface area contributed by atoms with Crippen LogP contribution in [0.1, 0.15) is 34.1 Å². The van der Waals surface area contributed by atoms with E-state index in [4.69, 9.17) is 9.57 Å². The first kappa shape index (κ1) is 12.9. The van der Waals surface area contributed by atoms with Gasteiger partial charge in [-0.25, -0.2) is 0 Å². The lowest BCUT2D eigenvalue weighted by Gasteiger charge is -2.29. The van der Waals surface area contributed by atoms with Crippen LogP contribution in [0.5, 0.6) is 0 Å². The molecule has 0 aromatic rings. The fourth-order valence-corrected chi connectivity index (χ4v) is 1.27. The lowest BCUT2D eigenvalue weighted by molar-refractivity contribution is -0.201. The van der Waals surface area contributed by atoms with Gasteiger partial charge in [-0.05, 0) is 34.1 Å². The summed E-state index contributed by atoms with van der Waals surface area (Å²) in [5.41, 5.74) is 0. The van der Waals surface area contributed by atoms with Gasteiger partial charge in [0.2, 0.25) is 0 Å². The standard InChI is InChI=1S/C10H23NO2/c1-9(2)11(10(3)4)13-8-6-7-12-5/h9-10H,6-8H2,1-5H3. The van der Waals surface area contributed by atoms with E-state index < -0.39 is 0 Å². The molecule has 0 aliphatic heterocycles. The van der Waals surface area contributed by atoms with Gasteiger partial charge in [0.25, 0.3) is 0 Å². The third-order valence-electron chi connectivity index (χ3n) is 1.75. The Balaban J connectivity index is 3.58. The second kappa shape index (κ2) is 7.30. The fourth-order valence-electron chi connectivity index (χ4n) is 1.27. The third-order valence-corrected chi connectivity index (χ3v) is 1.75. The maximum Gasteiger partial charge on any atom is 0.0707 e. The predicted molar refractivity (Wildman–Crippen MR) is 54.6 cm³/mol. The molecule has 0 bridgehead atoms. The summed E-state index contributed by atoms with van der Waals surface area (Å²) < 4.78 is 4.95. The minimum atomic E-state index is 0.433. The summed E-state index contributed by atoms with van der Waals surface area (Å²) >= 11 is 0. The summed E-state index contributed by atoms with van der Waals surface area (Å²) in [5.74, 6) is 0. The molecule has 3 heteroatoms. The zero-order valence-electron chi connectivity index (χ0n) is 9.54. The van der Waals surface area contributed by atoms with Crippen molar-refractivity contribution in [2.75, 3.05) is 20.3 Å². The molecule has 0 atom stereocenters. The molecule has 0 spiro atoms. The van der Waals surface area contributed by atoms with Crippen LogP contribution in [0.25, 0.3) is 0 Å². The lowest BCUT2D eigenvalue weighted by Crippen LogP contribution is -2.37. The van der Waals surface area contributed by atoms with Crippen molar-refractivity contribution >= 4 is 0 Å². The zero-order valence-corrected chi connectivity index (χ0v) is 9.54. The Morgan fingerprint density at radius 3 is 1.92 bits per heavy atom. The minimum absolute atomic E-state index is 0.433. The molecule has 0 saturated heterocycles. The van der Waals surface area contributed by atoms with Crippen molar-refractivity contribution in [3.8, 4) is 0 Å². The molecule has 0 aromatic carbocycles. The molecule has 0 aliphatic carbocycles. The van der Waals surface area contributed by atoms with E-state index in [1.165, 1.54) is 0 Å². The molecular formula is C10H23NO2. The molecule has 0 N–H and O–H groups in total. The van der Waals surface area contributed by atoms with Crippen molar-refractivity contribution in [1.29, 1.82) is 0 Å². The highest BCUT2D eigenvalue weighted by molar-refractivity contribution is 4.57. The Kier molecular flexibility index (Phi) is 7.23. The van der Waals surface area contributed by atoms with E-state index in [-0.39, 0.29) is 0 Å². The summed E-state index contributed by atoms with van der Waals surface area (Å²) in [7, 11) is 1.71. The van der Waals surface area contributed by atoms with Crippen molar-refractivity contribution in [3.63, 3.8) is 0 Å². The van der Waals surface area contributed by atoms with Gasteiger partial charge in [0.15, 0.2) is 0 Å². The first-order valence-corrected chi connectivity index (χ1v) is 4.99. The van der Waals surface area contributed by atoms with E-state index in [1.807, 2.05) is 5.06 Å². The van der Waals surface area contributed by atoms with Crippen molar-refractivity contribution < 1.29 is 9.57 Å². The molecule has 0 heterocycles. The monoisotopic (exact) mass is 189 g/mol. The summed E-state index contributed by atoms with van der Waals surface area (Å²) in [6.07, 6.45) is 0.951. The number of ether oxygens (including phenoxy) is 1. The molecule has 3 nitrogen and oxygen atoms in total. The highest BCUT2D eigenvalue weighted by atomic mass is 16.7. The van der Waals surface area contributed by atoms with Crippen LogP contribution in [0.15, 0.2) is 0 Å². The Labute approximate surface area is 82.0 Å². The molecule has 0 aromatic heterocycles. The Bertz CT molecular complexity index is 107. The molecule has 0 rings (SSSR count). The number of rotatable bonds is 7. The van der Waals surface area contributed by atoms with Gasteiger partial charge in [-0.2, -0.15) is 5.06 Å². The van der Waals surface area contributed by atoms with Crippen LogP contribution in [-0.4, -0.2) is 37.5 Å². The maximum absolute atomic E-state index is 5.62. The van der Waals surface area contributed by atoms with E-state index >= 15 is 0 Å². The Morgan fingerprint density at radius 2 is 1.54 bits per heavy atom. The van der Waals surface area contributed by atoms with E-state index in [9.17, 15) is 0 Å². The Morgan fingerprint density at radius 1 is 1.00 bits per heavy atom. The molecule has 0 fully saturated rings. The van der Waals surface area contributed by atoms with Gasteiger partial charge in [0.05, 0.1) is 6.61 Å². The summed E-state index contributed by atoms with van der Waals surface area (Å²) in [5, 5.41) is 2.02. The molecule has 0 aliphatic rings. The molecule has 13 heavy (non-hydrogen) atoms. The van der Waals surface area contributed by atoms with Gasteiger partial charge in [0.1, 0.15) is 0 Å². The van der Waals surface area contributed by atoms with Crippen molar-refractivity contribution in [2.24, 2.45) is 0 Å².